The highest BCUT2D eigenvalue weighted by atomic mass is 35.5. The van der Waals surface area contributed by atoms with Crippen LogP contribution in [-0.4, -0.2) is 25.9 Å². The number of hydrogen-bond acceptors (Lipinski definition) is 3. The molecular weight excluding hydrogens is 309 g/mol. The van der Waals surface area contributed by atoms with E-state index in [4.69, 9.17) is 21.1 Å². The topological polar surface area (TPSA) is 35.5 Å². The predicted molar refractivity (Wildman–Crippen MR) is 72.6 cm³/mol. The number of carbonyl (C=O) groups excluding carboxylic acids is 1. The number of carbonyl (C=O) groups is 1. The van der Waals surface area contributed by atoms with E-state index in [0.29, 0.717) is 0 Å². The van der Waals surface area contributed by atoms with Gasteiger partial charge in [0.15, 0.2) is 0 Å². The summed E-state index contributed by atoms with van der Waals surface area (Å²) in [4.78, 5) is 11.9. The monoisotopic (exact) mass is 324 g/mol. The Bertz CT molecular complexity index is 503. The van der Waals surface area contributed by atoms with Gasteiger partial charge in [-0.3, -0.25) is 4.79 Å². The van der Waals surface area contributed by atoms with Crippen LogP contribution in [0.15, 0.2) is 18.2 Å². The van der Waals surface area contributed by atoms with Crippen LogP contribution in [0.25, 0.3) is 0 Å². The molecule has 0 fully saturated rings. The zero-order valence-electron chi connectivity index (χ0n) is 11.8. The Morgan fingerprint density at radius 1 is 1.38 bits per heavy atom. The van der Waals surface area contributed by atoms with Gasteiger partial charge in [0, 0.05) is 0 Å². The van der Waals surface area contributed by atoms with Gasteiger partial charge < -0.3 is 9.47 Å². The van der Waals surface area contributed by atoms with Crippen molar-refractivity contribution in [1.29, 1.82) is 0 Å². The minimum atomic E-state index is -4.52. The van der Waals surface area contributed by atoms with E-state index in [-0.39, 0.29) is 22.9 Å². The molecule has 0 aliphatic heterocycles. The molecule has 1 aromatic carbocycles. The first-order valence-electron chi connectivity index (χ1n) is 6.29. The van der Waals surface area contributed by atoms with Crippen LogP contribution in [0, 0.1) is 5.92 Å². The van der Waals surface area contributed by atoms with Gasteiger partial charge in [-0.2, -0.15) is 13.2 Å². The van der Waals surface area contributed by atoms with Crippen LogP contribution in [-0.2, 0) is 9.53 Å². The van der Waals surface area contributed by atoms with E-state index in [1.165, 1.54) is 32.2 Å². The van der Waals surface area contributed by atoms with Crippen molar-refractivity contribution in [3.63, 3.8) is 0 Å². The van der Waals surface area contributed by atoms with Gasteiger partial charge in [0.25, 0.3) is 0 Å². The van der Waals surface area contributed by atoms with Crippen LogP contribution in [0.1, 0.15) is 25.3 Å². The van der Waals surface area contributed by atoms with Crippen molar-refractivity contribution in [1.82, 2.24) is 0 Å². The molecule has 0 N–H and O–H groups in total. The summed E-state index contributed by atoms with van der Waals surface area (Å²) in [7, 11) is 1.34. The first kappa shape index (κ1) is 17.6. The Hall–Kier alpha value is -1.43. The molecule has 21 heavy (non-hydrogen) atoms. The Morgan fingerprint density at radius 2 is 2.00 bits per heavy atom. The molecule has 1 aromatic rings. The summed E-state index contributed by atoms with van der Waals surface area (Å²) in [6, 6.07) is 4.09. The van der Waals surface area contributed by atoms with Crippen LogP contribution >= 0.6 is 11.6 Å². The van der Waals surface area contributed by atoms with E-state index in [2.05, 4.69) is 0 Å². The lowest BCUT2D eigenvalue weighted by atomic mass is 9.86. The van der Waals surface area contributed by atoms with Crippen molar-refractivity contribution in [2.75, 3.05) is 13.7 Å². The number of esters is 1. The molecule has 0 saturated carbocycles. The van der Waals surface area contributed by atoms with Crippen molar-refractivity contribution in [3.8, 4) is 5.75 Å². The van der Waals surface area contributed by atoms with Crippen LogP contribution in [0.3, 0.4) is 0 Å². The molecule has 7 heteroatoms. The van der Waals surface area contributed by atoms with Crippen molar-refractivity contribution in [2.45, 2.75) is 25.9 Å². The molecule has 0 amide bonds. The molecule has 0 spiro atoms. The number of hydrogen-bond donors (Lipinski definition) is 0. The largest absolute Gasteiger partial charge is 0.495 e. The SMILES string of the molecule is CCOC(=O)C(c1ccc(Cl)c(OC)c1)C(C)C(F)(F)F. The smallest absolute Gasteiger partial charge is 0.392 e. The highest BCUT2D eigenvalue weighted by Crippen LogP contribution is 2.40. The highest BCUT2D eigenvalue weighted by Gasteiger charge is 2.45. The third-order valence-electron chi connectivity index (χ3n) is 3.09. The lowest BCUT2D eigenvalue weighted by Crippen LogP contribution is -2.32. The zero-order valence-corrected chi connectivity index (χ0v) is 12.6. The molecule has 1 rings (SSSR count). The summed E-state index contributed by atoms with van der Waals surface area (Å²) in [5, 5.41) is 0.253. The summed E-state index contributed by atoms with van der Waals surface area (Å²) < 4.78 is 48.7. The average molecular weight is 325 g/mol. The van der Waals surface area contributed by atoms with Crippen LogP contribution in [0.4, 0.5) is 13.2 Å². The van der Waals surface area contributed by atoms with E-state index in [9.17, 15) is 18.0 Å². The molecule has 0 radical (unpaired) electrons. The molecular formula is C14H16ClF3O3. The van der Waals surface area contributed by atoms with Gasteiger partial charge in [-0.25, -0.2) is 0 Å². The van der Waals surface area contributed by atoms with Crippen molar-refractivity contribution < 1.29 is 27.4 Å². The molecule has 0 aliphatic rings. The second-order valence-corrected chi connectivity index (χ2v) is 4.86. The first-order valence-corrected chi connectivity index (χ1v) is 6.67. The maximum absolute atomic E-state index is 13.0. The number of ether oxygens (including phenoxy) is 2. The maximum atomic E-state index is 13.0. The minimum Gasteiger partial charge on any atom is -0.495 e. The molecule has 0 aromatic heterocycles. The Morgan fingerprint density at radius 3 is 2.48 bits per heavy atom. The van der Waals surface area contributed by atoms with Gasteiger partial charge in [0.2, 0.25) is 0 Å². The van der Waals surface area contributed by atoms with E-state index in [0.717, 1.165) is 6.92 Å². The van der Waals surface area contributed by atoms with Gasteiger partial charge in [-0.15, -0.1) is 0 Å². The molecule has 2 atom stereocenters. The fraction of sp³-hybridized carbons (Fsp3) is 0.500. The fourth-order valence-corrected chi connectivity index (χ4v) is 2.11. The van der Waals surface area contributed by atoms with E-state index < -0.39 is 24.0 Å². The summed E-state index contributed by atoms with van der Waals surface area (Å²) >= 11 is 5.85. The highest BCUT2D eigenvalue weighted by molar-refractivity contribution is 6.32. The van der Waals surface area contributed by atoms with Gasteiger partial charge in [0.1, 0.15) is 5.75 Å². The Balaban J connectivity index is 3.27. The number of alkyl halides is 3. The first-order chi connectivity index (χ1) is 9.72. The third-order valence-corrected chi connectivity index (χ3v) is 3.40. The third kappa shape index (κ3) is 4.27. The Kier molecular flexibility index (Phi) is 5.89. The lowest BCUT2D eigenvalue weighted by Gasteiger charge is -2.25. The Labute approximate surface area is 126 Å². The molecule has 118 valence electrons. The molecule has 0 aliphatic carbocycles. The second kappa shape index (κ2) is 7.02. The normalized spacial score (nSPS) is 14.4. The number of benzene rings is 1. The summed E-state index contributed by atoms with van der Waals surface area (Å²) in [6.45, 7) is 2.49. The molecule has 0 heterocycles. The zero-order chi connectivity index (χ0) is 16.2. The van der Waals surface area contributed by atoms with E-state index in [1.807, 2.05) is 0 Å². The number of rotatable bonds is 5. The summed E-state index contributed by atoms with van der Waals surface area (Å²) in [5.41, 5.74) is 0.152. The van der Waals surface area contributed by atoms with Crippen LogP contribution < -0.4 is 4.74 Å². The predicted octanol–water partition coefficient (Wildman–Crippen LogP) is 4.19. The number of halogens is 4. The van der Waals surface area contributed by atoms with Gasteiger partial charge >= 0.3 is 12.1 Å². The van der Waals surface area contributed by atoms with E-state index >= 15 is 0 Å². The van der Waals surface area contributed by atoms with Gasteiger partial charge in [-0.1, -0.05) is 24.6 Å². The summed E-state index contributed by atoms with van der Waals surface area (Å²) in [5.74, 6) is -4.07. The standard InChI is InChI=1S/C14H16ClF3O3/c1-4-21-13(19)12(8(2)14(16,17)18)9-5-6-10(15)11(7-9)20-3/h5-8,12H,4H2,1-3H3. The lowest BCUT2D eigenvalue weighted by molar-refractivity contribution is -0.185. The van der Waals surface area contributed by atoms with E-state index in [1.54, 1.807) is 0 Å². The summed E-state index contributed by atoms with van der Waals surface area (Å²) in [6.07, 6.45) is -4.52. The molecule has 3 nitrogen and oxygen atoms in total. The molecule has 0 saturated heterocycles. The maximum Gasteiger partial charge on any atom is 0.392 e. The molecule has 0 bridgehead atoms. The van der Waals surface area contributed by atoms with Crippen molar-refractivity contribution >= 4 is 17.6 Å². The fourth-order valence-electron chi connectivity index (χ4n) is 1.92. The van der Waals surface area contributed by atoms with Crippen molar-refractivity contribution in [3.05, 3.63) is 28.8 Å². The quantitative estimate of drug-likeness (QED) is 0.762. The average Bonchev–Trinajstić information content (AvgIpc) is 2.40. The molecule has 2 unspecified atom stereocenters. The van der Waals surface area contributed by atoms with Crippen LogP contribution in [0.5, 0.6) is 5.75 Å². The minimum absolute atomic E-state index is 0.00460. The van der Waals surface area contributed by atoms with Gasteiger partial charge in [0.05, 0.1) is 30.6 Å². The van der Waals surface area contributed by atoms with Crippen molar-refractivity contribution in [2.24, 2.45) is 5.92 Å². The van der Waals surface area contributed by atoms with Crippen LogP contribution in [0.2, 0.25) is 5.02 Å². The van der Waals surface area contributed by atoms with Gasteiger partial charge in [-0.05, 0) is 24.6 Å². The second-order valence-electron chi connectivity index (χ2n) is 4.45. The number of methoxy groups -OCH3 is 1.